The van der Waals surface area contributed by atoms with Gasteiger partial charge in [-0.1, -0.05) is 6.92 Å². The summed E-state index contributed by atoms with van der Waals surface area (Å²) in [6.45, 7) is 10.6. The number of aromatic nitrogens is 1. The van der Waals surface area contributed by atoms with Gasteiger partial charge in [0.1, 0.15) is 11.1 Å². The van der Waals surface area contributed by atoms with E-state index in [0.29, 0.717) is 12.1 Å². The first-order chi connectivity index (χ1) is 10.2. The topological polar surface area (TPSA) is 37.4 Å². The second kappa shape index (κ2) is 6.73. The molecule has 4 nitrogen and oxygen atoms in total. The molecule has 0 radical (unpaired) electrons. The van der Waals surface area contributed by atoms with Crippen molar-refractivity contribution in [2.24, 2.45) is 0 Å². The first-order valence-electron chi connectivity index (χ1n) is 8.27. The van der Waals surface area contributed by atoms with Gasteiger partial charge in [-0.2, -0.15) is 0 Å². The Bertz CT molecular complexity index is 474. The second-order valence-corrected chi connectivity index (χ2v) is 7.38. The monoisotopic (exact) mass is 309 g/mol. The Morgan fingerprint density at radius 1 is 1.48 bits per heavy atom. The van der Waals surface area contributed by atoms with E-state index in [2.05, 4.69) is 31.0 Å². The Hall–Kier alpha value is -0.490. The van der Waals surface area contributed by atoms with E-state index in [1.165, 1.54) is 28.4 Å². The number of aryl methyl sites for hydroxylation is 1. The smallest absolute Gasteiger partial charge is 0.123 e. The molecule has 1 N–H and O–H groups in total. The van der Waals surface area contributed by atoms with Crippen LogP contribution in [0, 0.1) is 0 Å². The van der Waals surface area contributed by atoms with Crippen LogP contribution < -0.4 is 5.32 Å². The maximum absolute atomic E-state index is 6.00. The van der Waals surface area contributed by atoms with Gasteiger partial charge in [-0.3, -0.25) is 4.90 Å². The zero-order chi connectivity index (χ0) is 14.8. The molecule has 0 aromatic carbocycles. The molecule has 1 saturated heterocycles. The summed E-state index contributed by atoms with van der Waals surface area (Å²) in [7, 11) is 0. The molecule has 1 aliphatic heterocycles. The average molecular weight is 309 g/mol. The van der Waals surface area contributed by atoms with Crippen LogP contribution in [0.5, 0.6) is 0 Å². The van der Waals surface area contributed by atoms with Crippen molar-refractivity contribution in [2.45, 2.75) is 58.2 Å². The molecular weight excluding hydrogens is 282 g/mol. The molecule has 0 saturated carbocycles. The molecule has 1 fully saturated rings. The Morgan fingerprint density at radius 2 is 2.33 bits per heavy atom. The van der Waals surface area contributed by atoms with E-state index in [0.717, 1.165) is 32.7 Å². The number of rotatable bonds is 4. The molecule has 3 rings (SSSR count). The van der Waals surface area contributed by atoms with Crippen LogP contribution in [0.1, 0.15) is 61.3 Å². The highest BCUT2D eigenvalue weighted by Crippen LogP contribution is 2.37. The molecule has 0 spiro atoms. The van der Waals surface area contributed by atoms with E-state index in [-0.39, 0.29) is 6.10 Å². The lowest BCUT2D eigenvalue weighted by atomic mass is 9.98. The number of hydrogen-bond acceptors (Lipinski definition) is 5. The number of hydrogen-bond donors (Lipinski definition) is 1. The van der Waals surface area contributed by atoms with Crippen molar-refractivity contribution < 1.29 is 4.74 Å². The highest BCUT2D eigenvalue weighted by molar-refractivity contribution is 7.11. The molecule has 21 heavy (non-hydrogen) atoms. The minimum atomic E-state index is 0.166. The fourth-order valence-corrected chi connectivity index (χ4v) is 4.57. The van der Waals surface area contributed by atoms with Crippen molar-refractivity contribution in [3.63, 3.8) is 0 Å². The lowest BCUT2D eigenvalue weighted by Gasteiger charge is -2.34. The number of fused-ring (bicyclic) bond motifs is 1. The van der Waals surface area contributed by atoms with E-state index < -0.39 is 0 Å². The number of ether oxygens (including phenoxy) is 1. The second-order valence-electron chi connectivity index (χ2n) is 6.31. The fraction of sp³-hybridized carbons (Fsp3) is 0.812. The molecule has 1 aromatic rings. The molecule has 2 atom stereocenters. The Morgan fingerprint density at radius 3 is 3.10 bits per heavy atom. The third-order valence-corrected chi connectivity index (χ3v) is 5.82. The van der Waals surface area contributed by atoms with Gasteiger partial charge in [-0.15, -0.1) is 11.3 Å². The molecule has 1 aliphatic carbocycles. The van der Waals surface area contributed by atoms with Crippen molar-refractivity contribution in [3.05, 3.63) is 15.6 Å². The normalized spacial score (nSPS) is 27.0. The van der Waals surface area contributed by atoms with Crippen LogP contribution >= 0.6 is 11.3 Å². The predicted molar refractivity (Wildman–Crippen MR) is 86.9 cm³/mol. The van der Waals surface area contributed by atoms with Gasteiger partial charge in [0.15, 0.2) is 0 Å². The largest absolute Gasteiger partial charge is 0.368 e. The Labute approximate surface area is 131 Å². The molecule has 2 aliphatic rings. The van der Waals surface area contributed by atoms with Crippen molar-refractivity contribution >= 4 is 11.3 Å². The molecular formula is C16H27N3OS. The molecule has 2 unspecified atom stereocenters. The zero-order valence-corrected chi connectivity index (χ0v) is 14.2. The molecule has 0 amide bonds. The number of thiazole rings is 1. The Kier molecular flexibility index (Phi) is 4.94. The van der Waals surface area contributed by atoms with Crippen LogP contribution in [0.25, 0.3) is 0 Å². The maximum atomic E-state index is 6.00. The average Bonchev–Trinajstić information content (AvgIpc) is 2.93. The van der Waals surface area contributed by atoms with Gasteiger partial charge in [-0.25, -0.2) is 4.98 Å². The number of nitrogens with zero attached hydrogens (tertiary/aromatic N) is 2. The molecule has 2 heterocycles. The summed E-state index contributed by atoms with van der Waals surface area (Å²) in [6, 6.07) is 1.09. The number of morpholine rings is 1. The van der Waals surface area contributed by atoms with Crippen molar-refractivity contribution in [3.8, 4) is 0 Å². The van der Waals surface area contributed by atoms with Crippen molar-refractivity contribution in [1.82, 2.24) is 15.2 Å². The molecule has 0 bridgehead atoms. The molecule has 118 valence electrons. The van der Waals surface area contributed by atoms with E-state index in [1.54, 1.807) is 0 Å². The molecule has 5 heteroatoms. The van der Waals surface area contributed by atoms with Gasteiger partial charge >= 0.3 is 0 Å². The highest BCUT2D eigenvalue weighted by atomic mass is 32.1. The zero-order valence-electron chi connectivity index (χ0n) is 13.4. The van der Waals surface area contributed by atoms with Gasteiger partial charge in [0.25, 0.3) is 0 Å². The van der Waals surface area contributed by atoms with Crippen LogP contribution in [-0.4, -0.2) is 42.2 Å². The quantitative estimate of drug-likeness (QED) is 0.928. The van der Waals surface area contributed by atoms with E-state index >= 15 is 0 Å². The minimum Gasteiger partial charge on any atom is -0.368 e. The minimum absolute atomic E-state index is 0.166. The summed E-state index contributed by atoms with van der Waals surface area (Å²) >= 11 is 1.88. The lowest BCUT2D eigenvalue weighted by Crippen LogP contribution is -2.42. The predicted octanol–water partition coefficient (Wildman–Crippen LogP) is 2.91. The first-order valence-corrected chi connectivity index (χ1v) is 9.09. The maximum Gasteiger partial charge on any atom is 0.123 e. The third-order valence-electron chi connectivity index (χ3n) is 4.52. The number of nitrogens with one attached hydrogen (secondary N) is 1. The van der Waals surface area contributed by atoms with Crippen LogP contribution in [0.3, 0.4) is 0 Å². The van der Waals surface area contributed by atoms with Gasteiger partial charge in [0.2, 0.25) is 0 Å². The summed E-state index contributed by atoms with van der Waals surface area (Å²) in [4.78, 5) is 8.89. The summed E-state index contributed by atoms with van der Waals surface area (Å²) < 4.78 is 6.00. The summed E-state index contributed by atoms with van der Waals surface area (Å²) in [5, 5.41) is 4.79. The van der Waals surface area contributed by atoms with Gasteiger partial charge in [-0.05, 0) is 39.7 Å². The van der Waals surface area contributed by atoms with Gasteiger partial charge in [0.05, 0.1) is 12.3 Å². The standard InChI is InChI=1S/C16H27N3OS/c1-4-17-12-6-5-7-13-15(12)21-16(18-13)14-10-19(11(2)3)8-9-20-14/h11-12,14,17H,4-10H2,1-3H3. The fourth-order valence-electron chi connectivity index (χ4n) is 3.31. The van der Waals surface area contributed by atoms with Crippen molar-refractivity contribution in [1.29, 1.82) is 0 Å². The first kappa shape index (κ1) is 15.4. The summed E-state index contributed by atoms with van der Waals surface area (Å²) in [6.07, 6.45) is 3.79. The third kappa shape index (κ3) is 3.31. The van der Waals surface area contributed by atoms with Gasteiger partial charge < -0.3 is 10.1 Å². The van der Waals surface area contributed by atoms with E-state index in [4.69, 9.17) is 9.72 Å². The lowest BCUT2D eigenvalue weighted by molar-refractivity contribution is -0.0403. The van der Waals surface area contributed by atoms with E-state index in [1.807, 2.05) is 11.3 Å². The van der Waals surface area contributed by atoms with Crippen molar-refractivity contribution in [2.75, 3.05) is 26.2 Å². The summed E-state index contributed by atoms with van der Waals surface area (Å²) in [5.41, 5.74) is 1.32. The summed E-state index contributed by atoms with van der Waals surface area (Å²) in [5.74, 6) is 0. The molecule has 1 aromatic heterocycles. The van der Waals surface area contributed by atoms with Gasteiger partial charge in [0, 0.05) is 30.1 Å². The SMILES string of the molecule is CCNC1CCCc2nc(C3CN(C(C)C)CCO3)sc21. The van der Waals surface area contributed by atoms with Crippen LogP contribution in [0.2, 0.25) is 0 Å². The Balaban J connectivity index is 1.77. The highest BCUT2D eigenvalue weighted by Gasteiger charge is 2.30. The van der Waals surface area contributed by atoms with Crippen LogP contribution in [0.15, 0.2) is 0 Å². The van der Waals surface area contributed by atoms with Crippen LogP contribution in [0.4, 0.5) is 0 Å². The van der Waals surface area contributed by atoms with Crippen LogP contribution in [-0.2, 0) is 11.2 Å². The van der Waals surface area contributed by atoms with E-state index in [9.17, 15) is 0 Å².